The van der Waals surface area contributed by atoms with E-state index in [1.54, 1.807) is 24.3 Å². The minimum atomic E-state index is -0.399. The average molecular weight is 331 g/mol. The van der Waals surface area contributed by atoms with Crippen LogP contribution in [-0.2, 0) is 11.2 Å². The van der Waals surface area contributed by atoms with Gasteiger partial charge in [0.05, 0.1) is 6.54 Å². The standard InChI is InChI=1S/C18H19ClN2O2/c19-15-8-6-13(7-9-15)10-16(11-18(20)23)21-12-17(22)14-4-2-1-3-5-14/h1-9,16,21H,10-12H2,(H2,20,23). The Balaban J connectivity index is 1.96. The average Bonchev–Trinajstić information content (AvgIpc) is 2.55. The minimum absolute atomic E-state index is 0.0174. The van der Waals surface area contributed by atoms with Gasteiger partial charge in [-0.25, -0.2) is 0 Å². The van der Waals surface area contributed by atoms with Crippen LogP contribution in [-0.4, -0.2) is 24.3 Å². The number of ketones is 1. The third-order valence-corrected chi connectivity index (χ3v) is 3.74. The lowest BCUT2D eigenvalue weighted by Crippen LogP contribution is -2.38. The molecule has 2 rings (SSSR count). The van der Waals surface area contributed by atoms with Crippen LogP contribution in [0.3, 0.4) is 0 Å². The van der Waals surface area contributed by atoms with Gasteiger partial charge in [0.25, 0.3) is 0 Å². The van der Waals surface area contributed by atoms with Crippen molar-refractivity contribution in [3.05, 3.63) is 70.7 Å². The summed E-state index contributed by atoms with van der Waals surface area (Å²) in [7, 11) is 0. The van der Waals surface area contributed by atoms with Gasteiger partial charge in [0, 0.05) is 23.0 Å². The van der Waals surface area contributed by atoms with Crippen LogP contribution in [0, 0.1) is 0 Å². The lowest BCUT2D eigenvalue weighted by Gasteiger charge is -2.17. The molecule has 1 atom stereocenters. The van der Waals surface area contributed by atoms with Crippen LogP contribution in [0.1, 0.15) is 22.3 Å². The highest BCUT2D eigenvalue weighted by molar-refractivity contribution is 6.30. The molecule has 0 aliphatic carbocycles. The Hall–Kier alpha value is -2.17. The van der Waals surface area contributed by atoms with Crippen LogP contribution >= 0.6 is 11.6 Å². The third-order valence-electron chi connectivity index (χ3n) is 3.49. The highest BCUT2D eigenvalue weighted by atomic mass is 35.5. The molecular weight excluding hydrogens is 312 g/mol. The molecule has 0 fully saturated rings. The van der Waals surface area contributed by atoms with E-state index in [1.807, 2.05) is 30.3 Å². The highest BCUT2D eigenvalue weighted by Gasteiger charge is 2.14. The summed E-state index contributed by atoms with van der Waals surface area (Å²) in [5.41, 5.74) is 6.97. The number of benzene rings is 2. The zero-order valence-corrected chi connectivity index (χ0v) is 13.4. The van der Waals surface area contributed by atoms with Gasteiger partial charge in [-0.15, -0.1) is 0 Å². The number of nitrogens with one attached hydrogen (secondary N) is 1. The first-order valence-corrected chi connectivity index (χ1v) is 7.77. The summed E-state index contributed by atoms with van der Waals surface area (Å²) in [6.07, 6.45) is 0.771. The summed E-state index contributed by atoms with van der Waals surface area (Å²) in [5, 5.41) is 3.79. The number of Topliss-reactive ketones (excluding diaryl/α,β-unsaturated/α-hetero) is 1. The molecule has 0 heterocycles. The van der Waals surface area contributed by atoms with E-state index >= 15 is 0 Å². The van der Waals surface area contributed by atoms with E-state index in [-0.39, 0.29) is 24.8 Å². The molecule has 2 aromatic carbocycles. The molecule has 0 aliphatic rings. The smallest absolute Gasteiger partial charge is 0.218 e. The van der Waals surface area contributed by atoms with Crippen LogP contribution in [0.5, 0.6) is 0 Å². The van der Waals surface area contributed by atoms with E-state index in [0.29, 0.717) is 17.0 Å². The van der Waals surface area contributed by atoms with Crippen LogP contribution < -0.4 is 11.1 Å². The number of primary amides is 1. The van der Waals surface area contributed by atoms with Crippen molar-refractivity contribution >= 4 is 23.3 Å². The molecule has 0 radical (unpaired) electrons. The fraction of sp³-hybridized carbons (Fsp3) is 0.222. The number of carbonyl (C=O) groups is 2. The maximum atomic E-state index is 12.1. The normalized spacial score (nSPS) is 11.9. The number of halogens is 1. The van der Waals surface area contributed by atoms with E-state index in [0.717, 1.165) is 5.56 Å². The first kappa shape index (κ1) is 17.2. The van der Waals surface area contributed by atoms with E-state index in [1.165, 1.54) is 0 Å². The molecule has 1 unspecified atom stereocenters. The Labute approximate surface area is 140 Å². The fourth-order valence-corrected chi connectivity index (χ4v) is 2.45. The second kappa shape index (κ2) is 8.46. The zero-order chi connectivity index (χ0) is 16.7. The molecule has 0 spiro atoms. The van der Waals surface area contributed by atoms with E-state index in [2.05, 4.69) is 5.32 Å². The number of amides is 1. The summed E-state index contributed by atoms with van der Waals surface area (Å²) in [6, 6.07) is 16.2. The number of nitrogens with two attached hydrogens (primary N) is 1. The monoisotopic (exact) mass is 330 g/mol. The van der Waals surface area contributed by atoms with E-state index in [4.69, 9.17) is 17.3 Å². The van der Waals surface area contributed by atoms with Gasteiger partial charge in [-0.3, -0.25) is 9.59 Å². The number of carbonyl (C=O) groups excluding carboxylic acids is 2. The molecule has 0 aliphatic heterocycles. The summed E-state index contributed by atoms with van der Waals surface area (Å²) in [5.74, 6) is -0.417. The fourth-order valence-electron chi connectivity index (χ4n) is 2.33. The molecule has 0 bridgehead atoms. The maximum absolute atomic E-state index is 12.1. The molecule has 23 heavy (non-hydrogen) atoms. The predicted octanol–water partition coefficient (Wildman–Crippen LogP) is 2.60. The van der Waals surface area contributed by atoms with Crippen LogP contribution in [0.25, 0.3) is 0 Å². The summed E-state index contributed by atoms with van der Waals surface area (Å²) < 4.78 is 0. The minimum Gasteiger partial charge on any atom is -0.370 e. The molecule has 0 saturated heterocycles. The van der Waals surface area contributed by atoms with E-state index < -0.39 is 5.91 Å². The highest BCUT2D eigenvalue weighted by Crippen LogP contribution is 2.12. The Bertz CT molecular complexity index is 656. The number of hydrogen-bond acceptors (Lipinski definition) is 3. The quantitative estimate of drug-likeness (QED) is 0.731. The molecule has 0 saturated carbocycles. The Morgan fingerprint density at radius 2 is 1.70 bits per heavy atom. The molecule has 3 N–H and O–H groups in total. The lowest BCUT2D eigenvalue weighted by atomic mass is 10.0. The van der Waals surface area contributed by atoms with Crippen molar-refractivity contribution in [2.24, 2.45) is 5.73 Å². The lowest BCUT2D eigenvalue weighted by molar-refractivity contribution is -0.118. The van der Waals surface area contributed by atoms with Crippen molar-refractivity contribution in [2.75, 3.05) is 6.54 Å². The van der Waals surface area contributed by atoms with Crippen LogP contribution in [0.2, 0.25) is 5.02 Å². The first-order chi connectivity index (χ1) is 11.0. The van der Waals surface area contributed by atoms with Gasteiger partial charge in [0.2, 0.25) is 5.91 Å². The summed E-state index contributed by atoms with van der Waals surface area (Å²) in [4.78, 5) is 23.4. The SMILES string of the molecule is NC(=O)CC(Cc1ccc(Cl)cc1)NCC(=O)c1ccccc1. The zero-order valence-electron chi connectivity index (χ0n) is 12.7. The molecule has 2 aromatic rings. The molecule has 4 nitrogen and oxygen atoms in total. The maximum Gasteiger partial charge on any atom is 0.218 e. The second-order valence-corrected chi connectivity index (χ2v) is 5.80. The van der Waals surface area contributed by atoms with Gasteiger partial charge >= 0.3 is 0 Å². The second-order valence-electron chi connectivity index (χ2n) is 5.37. The first-order valence-electron chi connectivity index (χ1n) is 7.39. The Kier molecular flexibility index (Phi) is 6.32. The third kappa shape index (κ3) is 5.85. The van der Waals surface area contributed by atoms with Crippen LogP contribution in [0.4, 0.5) is 0 Å². The van der Waals surface area contributed by atoms with Gasteiger partial charge in [-0.1, -0.05) is 54.1 Å². The van der Waals surface area contributed by atoms with Crippen LogP contribution in [0.15, 0.2) is 54.6 Å². The van der Waals surface area contributed by atoms with Gasteiger partial charge in [-0.2, -0.15) is 0 Å². The number of hydrogen-bond donors (Lipinski definition) is 2. The molecule has 1 amide bonds. The topological polar surface area (TPSA) is 72.2 Å². The van der Waals surface area contributed by atoms with Gasteiger partial charge in [0.1, 0.15) is 0 Å². The van der Waals surface area contributed by atoms with Gasteiger partial charge in [-0.05, 0) is 24.1 Å². The largest absolute Gasteiger partial charge is 0.370 e. The predicted molar refractivity (Wildman–Crippen MR) is 91.5 cm³/mol. The molecular formula is C18H19ClN2O2. The van der Waals surface area contributed by atoms with Gasteiger partial charge in [0.15, 0.2) is 5.78 Å². The van der Waals surface area contributed by atoms with Gasteiger partial charge < -0.3 is 11.1 Å². The molecule has 0 aromatic heterocycles. The Morgan fingerprint density at radius 3 is 2.30 bits per heavy atom. The van der Waals surface area contributed by atoms with Crippen molar-refractivity contribution in [3.8, 4) is 0 Å². The summed E-state index contributed by atoms with van der Waals surface area (Å²) >= 11 is 5.87. The number of rotatable bonds is 8. The molecule has 120 valence electrons. The van der Waals surface area contributed by atoms with Crippen molar-refractivity contribution in [1.82, 2.24) is 5.32 Å². The van der Waals surface area contributed by atoms with E-state index in [9.17, 15) is 9.59 Å². The van der Waals surface area contributed by atoms with Crippen molar-refractivity contribution in [3.63, 3.8) is 0 Å². The van der Waals surface area contributed by atoms with Crippen molar-refractivity contribution in [1.29, 1.82) is 0 Å². The molecule has 5 heteroatoms. The Morgan fingerprint density at radius 1 is 1.04 bits per heavy atom. The van der Waals surface area contributed by atoms with Crippen molar-refractivity contribution in [2.45, 2.75) is 18.9 Å². The van der Waals surface area contributed by atoms with Crippen molar-refractivity contribution < 1.29 is 9.59 Å². The summed E-state index contributed by atoms with van der Waals surface area (Å²) in [6.45, 7) is 0.162.